The first-order valence-electron chi connectivity index (χ1n) is 9.98. The van der Waals surface area contributed by atoms with Crippen molar-refractivity contribution < 1.29 is 23.8 Å². The van der Waals surface area contributed by atoms with Crippen molar-refractivity contribution in [2.45, 2.75) is 19.5 Å². The molecule has 32 heavy (non-hydrogen) atoms. The van der Waals surface area contributed by atoms with Crippen molar-refractivity contribution in [2.75, 3.05) is 7.11 Å². The number of amides is 1. The minimum atomic E-state index is -0.873. The van der Waals surface area contributed by atoms with E-state index in [2.05, 4.69) is 4.98 Å². The fourth-order valence-corrected chi connectivity index (χ4v) is 3.78. The second-order valence-electron chi connectivity index (χ2n) is 7.52. The van der Waals surface area contributed by atoms with Gasteiger partial charge in [0.15, 0.2) is 0 Å². The molecule has 1 aliphatic heterocycles. The van der Waals surface area contributed by atoms with Crippen LogP contribution < -0.4 is 4.74 Å². The molecular weight excluding hydrogens is 411 g/mol. The van der Waals surface area contributed by atoms with Crippen molar-refractivity contribution in [2.24, 2.45) is 0 Å². The number of nitrogens with zero attached hydrogens (tertiary/aromatic N) is 2. The maximum atomic E-state index is 14.2. The van der Waals surface area contributed by atoms with Gasteiger partial charge in [0.1, 0.15) is 17.3 Å². The zero-order valence-corrected chi connectivity index (χ0v) is 17.6. The maximum Gasteiger partial charge on any atom is 0.295 e. The molecule has 1 fully saturated rings. The molecule has 0 bridgehead atoms. The van der Waals surface area contributed by atoms with Crippen molar-refractivity contribution in [1.82, 2.24) is 9.88 Å². The average Bonchev–Trinajstić information content (AvgIpc) is 3.06. The molecule has 6 nitrogen and oxygen atoms in total. The zero-order chi connectivity index (χ0) is 22.8. The van der Waals surface area contributed by atoms with Crippen LogP contribution in [0.15, 0.2) is 72.6 Å². The Morgan fingerprint density at radius 2 is 1.88 bits per heavy atom. The van der Waals surface area contributed by atoms with Gasteiger partial charge in [0.25, 0.3) is 11.7 Å². The summed E-state index contributed by atoms with van der Waals surface area (Å²) in [4.78, 5) is 31.5. The minimum Gasteiger partial charge on any atom is -0.507 e. The van der Waals surface area contributed by atoms with Crippen molar-refractivity contribution >= 4 is 17.4 Å². The highest BCUT2D eigenvalue weighted by molar-refractivity contribution is 6.46. The van der Waals surface area contributed by atoms with Gasteiger partial charge in [0.2, 0.25) is 0 Å². The molecule has 0 spiro atoms. The van der Waals surface area contributed by atoms with Crippen LogP contribution in [-0.2, 0) is 16.1 Å². The van der Waals surface area contributed by atoms with E-state index in [-0.39, 0.29) is 17.7 Å². The third-order valence-electron chi connectivity index (χ3n) is 5.50. The normalized spacial score (nSPS) is 17.6. The Kier molecular flexibility index (Phi) is 5.73. The van der Waals surface area contributed by atoms with Gasteiger partial charge < -0.3 is 14.7 Å². The summed E-state index contributed by atoms with van der Waals surface area (Å²) in [6, 6.07) is 13.8. The molecule has 1 aromatic heterocycles. The van der Waals surface area contributed by atoms with Gasteiger partial charge in [-0.25, -0.2) is 4.39 Å². The summed E-state index contributed by atoms with van der Waals surface area (Å²) < 4.78 is 19.5. The minimum absolute atomic E-state index is 0.0967. The first-order valence-corrected chi connectivity index (χ1v) is 9.98. The molecule has 2 aromatic carbocycles. The molecule has 162 valence electrons. The van der Waals surface area contributed by atoms with Gasteiger partial charge >= 0.3 is 0 Å². The van der Waals surface area contributed by atoms with Crippen LogP contribution >= 0.6 is 0 Å². The number of carbonyl (C=O) groups is 2. The maximum absolute atomic E-state index is 14.2. The molecule has 1 aliphatic rings. The molecule has 2 heterocycles. The lowest BCUT2D eigenvalue weighted by Crippen LogP contribution is -2.29. The topological polar surface area (TPSA) is 79.7 Å². The number of benzene rings is 2. The molecule has 1 amide bonds. The Bertz CT molecular complexity index is 1220. The molecule has 1 unspecified atom stereocenters. The molecule has 0 saturated carbocycles. The number of aromatic nitrogens is 1. The number of ether oxygens (including phenoxy) is 1. The van der Waals surface area contributed by atoms with Crippen molar-refractivity contribution in [3.8, 4) is 5.75 Å². The number of halogens is 1. The monoisotopic (exact) mass is 432 g/mol. The number of ketones is 1. The Morgan fingerprint density at radius 3 is 2.56 bits per heavy atom. The Hall–Kier alpha value is -4.00. The number of likely N-dealkylation sites (tertiary alicyclic amines) is 1. The van der Waals surface area contributed by atoms with E-state index in [9.17, 15) is 19.1 Å². The number of carbonyl (C=O) groups excluding carboxylic acids is 2. The number of aliphatic hydroxyl groups excluding tert-OH is 1. The van der Waals surface area contributed by atoms with E-state index in [1.807, 2.05) is 0 Å². The average molecular weight is 432 g/mol. The summed E-state index contributed by atoms with van der Waals surface area (Å²) in [5.74, 6) is -1.97. The van der Waals surface area contributed by atoms with Crippen molar-refractivity contribution in [1.29, 1.82) is 0 Å². The van der Waals surface area contributed by atoms with E-state index >= 15 is 0 Å². The number of hydrogen-bond acceptors (Lipinski definition) is 5. The van der Waals surface area contributed by atoms with Gasteiger partial charge in [-0.1, -0.05) is 24.3 Å². The molecule has 7 heteroatoms. The second-order valence-corrected chi connectivity index (χ2v) is 7.52. The fourth-order valence-electron chi connectivity index (χ4n) is 3.78. The highest BCUT2D eigenvalue weighted by Crippen LogP contribution is 2.41. The van der Waals surface area contributed by atoms with Crippen LogP contribution in [0.25, 0.3) is 5.76 Å². The van der Waals surface area contributed by atoms with Gasteiger partial charge in [0, 0.05) is 24.5 Å². The third-order valence-corrected chi connectivity index (χ3v) is 5.50. The van der Waals surface area contributed by atoms with Crippen LogP contribution in [-0.4, -0.2) is 33.8 Å². The Labute approximate surface area is 184 Å². The standard InChI is InChI=1S/C25H21FN2O4/c1-15-6-7-18(13-20(15)26)23(29)21-22(17-4-3-5-19(12-17)32-2)28(25(31)24(21)30)14-16-8-10-27-11-9-16/h3-13,22,29H,14H2,1-2H3/b23-21-. The second kappa shape index (κ2) is 8.63. The van der Waals surface area contributed by atoms with Crippen LogP contribution in [0.1, 0.15) is 28.3 Å². The Balaban J connectivity index is 1.89. The van der Waals surface area contributed by atoms with E-state index in [4.69, 9.17) is 4.74 Å². The van der Waals surface area contributed by atoms with Gasteiger partial charge in [-0.2, -0.15) is 0 Å². The van der Waals surface area contributed by atoms with E-state index in [0.717, 1.165) is 11.6 Å². The van der Waals surface area contributed by atoms with Gasteiger partial charge in [-0.05, 0) is 53.9 Å². The molecular formula is C25H21FN2O4. The number of pyridine rings is 1. The summed E-state index contributed by atoms with van der Waals surface area (Å²) in [5, 5.41) is 11.0. The first-order chi connectivity index (χ1) is 15.4. The van der Waals surface area contributed by atoms with Crippen LogP contribution in [0.3, 0.4) is 0 Å². The number of aryl methyl sites for hydroxylation is 1. The van der Waals surface area contributed by atoms with E-state index < -0.39 is 29.3 Å². The smallest absolute Gasteiger partial charge is 0.295 e. The third kappa shape index (κ3) is 3.85. The number of rotatable bonds is 5. The number of aliphatic hydroxyl groups is 1. The summed E-state index contributed by atoms with van der Waals surface area (Å²) in [7, 11) is 1.52. The number of Topliss-reactive ketones (excluding diaryl/α,β-unsaturated/α-hetero) is 1. The summed E-state index contributed by atoms with van der Waals surface area (Å²) >= 11 is 0. The molecule has 4 rings (SSSR count). The lowest BCUT2D eigenvalue weighted by Gasteiger charge is -2.25. The molecule has 0 aliphatic carbocycles. The quantitative estimate of drug-likeness (QED) is 0.372. The largest absolute Gasteiger partial charge is 0.507 e. The number of hydrogen-bond donors (Lipinski definition) is 1. The van der Waals surface area contributed by atoms with Gasteiger partial charge in [-0.15, -0.1) is 0 Å². The molecule has 1 atom stereocenters. The molecule has 1 N–H and O–H groups in total. The van der Waals surface area contributed by atoms with Crippen molar-refractivity contribution in [3.05, 3.63) is 101 Å². The van der Waals surface area contributed by atoms with Crippen molar-refractivity contribution in [3.63, 3.8) is 0 Å². The summed E-state index contributed by atoms with van der Waals surface area (Å²) in [5.41, 5.74) is 1.80. The predicted octanol–water partition coefficient (Wildman–Crippen LogP) is 4.16. The van der Waals surface area contributed by atoms with Crippen LogP contribution in [0, 0.1) is 12.7 Å². The van der Waals surface area contributed by atoms with Crippen LogP contribution in [0.2, 0.25) is 0 Å². The van der Waals surface area contributed by atoms with Crippen LogP contribution in [0.5, 0.6) is 5.75 Å². The van der Waals surface area contributed by atoms with Gasteiger partial charge in [0.05, 0.1) is 18.7 Å². The molecule has 1 saturated heterocycles. The fraction of sp³-hybridized carbons (Fsp3) is 0.160. The van der Waals surface area contributed by atoms with E-state index in [0.29, 0.717) is 16.9 Å². The van der Waals surface area contributed by atoms with E-state index in [1.165, 1.54) is 24.1 Å². The lowest BCUT2D eigenvalue weighted by atomic mass is 9.94. The highest BCUT2D eigenvalue weighted by Gasteiger charge is 2.46. The molecule has 3 aromatic rings. The SMILES string of the molecule is COc1cccc(C2/C(=C(/O)c3ccc(C)c(F)c3)C(=O)C(=O)N2Cc2ccncc2)c1. The summed E-state index contributed by atoms with van der Waals surface area (Å²) in [6.07, 6.45) is 3.20. The zero-order valence-electron chi connectivity index (χ0n) is 17.6. The first kappa shape index (κ1) is 21.2. The van der Waals surface area contributed by atoms with Crippen LogP contribution in [0.4, 0.5) is 4.39 Å². The number of methoxy groups -OCH3 is 1. The predicted molar refractivity (Wildman–Crippen MR) is 116 cm³/mol. The highest BCUT2D eigenvalue weighted by atomic mass is 19.1. The van der Waals surface area contributed by atoms with E-state index in [1.54, 1.807) is 55.7 Å². The molecule has 0 radical (unpaired) electrons. The lowest BCUT2D eigenvalue weighted by molar-refractivity contribution is -0.140. The Morgan fingerprint density at radius 1 is 1.12 bits per heavy atom. The van der Waals surface area contributed by atoms with Gasteiger partial charge in [-0.3, -0.25) is 14.6 Å². The summed E-state index contributed by atoms with van der Waals surface area (Å²) in [6.45, 7) is 1.73.